The van der Waals surface area contributed by atoms with Crippen LogP contribution in [0.1, 0.15) is 5.56 Å². The second kappa shape index (κ2) is 13.1. The molecule has 2 heteroatoms. The number of hydrogen-bond acceptors (Lipinski definition) is 1. The van der Waals surface area contributed by atoms with Crippen molar-refractivity contribution in [2.24, 2.45) is 0 Å². The molecule has 0 aromatic heterocycles. The first-order valence-corrected chi connectivity index (χ1v) is 20.3. The highest BCUT2D eigenvalue weighted by Crippen LogP contribution is 2.51. The maximum Gasteiger partial charge on any atom is 0.187 e. The zero-order valence-corrected chi connectivity index (χ0v) is 32.4. The molecule has 0 bridgehead atoms. The van der Waals surface area contributed by atoms with Gasteiger partial charge in [-0.25, -0.2) is 4.85 Å². The van der Waals surface area contributed by atoms with Crippen LogP contribution >= 0.6 is 0 Å². The second-order valence-corrected chi connectivity index (χ2v) is 15.7. The van der Waals surface area contributed by atoms with E-state index in [0.717, 1.165) is 27.6 Å². The highest BCUT2D eigenvalue weighted by atomic mass is 14.6. The molecule has 0 aliphatic heterocycles. The summed E-state index contributed by atoms with van der Waals surface area (Å²) in [5, 5.41) is 26.7. The van der Waals surface area contributed by atoms with Gasteiger partial charge in [-0.2, -0.15) is 5.26 Å². The van der Waals surface area contributed by atoms with Crippen molar-refractivity contribution < 1.29 is 0 Å². The van der Waals surface area contributed by atoms with Crippen LogP contribution < -0.4 is 0 Å². The Morgan fingerprint density at radius 3 is 1.13 bits per heavy atom. The SMILES string of the molecule is [C-]#[N+]c1ccc(-c2cc(-c3cc4ccccc4c4ccccc34)c3ccc4c(-c5ccc(C#N)cc5)cc(-c5cc6ccccc6c6ccccc56)c5ccc2c3c45)cc1. The largest absolute Gasteiger partial charge is 0.238 e. The third-order valence-electron chi connectivity index (χ3n) is 12.6. The standard InChI is InChI=1S/C58H32N2/c1-60-40-24-22-37(23-25-40)52-33-56(54-31-39-11-3-5-13-42(39)44-15-7-9-17-46(44)54)50-28-26-47-51(36-20-18-35(34-59)19-21-36)32-55(49-29-27-48(52)58(50)57(47)49)53-30-38-10-2-4-12-41(38)43-14-6-8-16-45(43)53/h2-33H. The highest BCUT2D eigenvalue weighted by molar-refractivity contribution is 6.33. The lowest BCUT2D eigenvalue weighted by atomic mass is 9.80. The molecular weight excluding hydrogens is 725 g/mol. The molecular formula is C58H32N2. The monoisotopic (exact) mass is 756 g/mol. The zero-order chi connectivity index (χ0) is 39.9. The lowest BCUT2D eigenvalue weighted by Crippen LogP contribution is -1.95. The summed E-state index contributed by atoms with van der Waals surface area (Å²) in [6, 6.07) is 72.1. The van der Waals surface area contributed by atoms with Crippen LogP contribution in [0.5, 0.6) is 0 Å². The van der Waals surface area contributed by atoms with Crippen LogP contribution in [0.3, 0.4) is 0 Å². The number of benzene rings is 12. The fourth-order valence-corrected chi connectivity index (χ4v) is 9.91. The molecule has 0 saturated heterocycles. The summed E-state index contributed by atoms with van der Waals surface area (Å²) in [7, 11) is 0. The molecule has 0 spiro atoms. The van der Waals surface area contributed by atoms with Crippen molar-refractivity contribution in [1.82, 2.24) is 0 Å². The smallest absolute Gasteiger partial charge is 0.187 e. The van der Waals surface area contributed by atoms with E-state index >= 15 is 0 Å². The Kier molecular flexibility index (Phi) is 7.39. The van der Waals surface area contributed by atoms with Crippen molar-refractivity contribution in [3.8, 4) is 50.6 Å². The molecule has 274 valence electrons. The molecule has 0 N–H and O–H groups in total. The molecule has 0 atom stereocenters. The van der Waals surface area contributed by atoms with Crippen LogP contribution in [0.4, 0.5) is 5.69 Å². The van der Waals surface area contributed by atoms with Crippen molar-refractivity contribution in [2.45, 2.75) is 0 Å². The quantitative estimate of drug-likeness (QED) is 0.130. The molecule has 0 unspecified atom stereocenters. The van der Waals surface area contributed by atoms with Crippen LogP contribution in [0.15, 0.2) is 194 Å². The van der Waals surface area contributed by atoms with E-state index in [1.807, 2.05) is 24.3 Å². The maximum atomic E-state index is 9.77. The molecule has 12 rings (SSSR count). The normalized spacial score (nSPS) is 11.6. The van der Waals surface area contributed by atoms with E-state index in [2.05, 4.69) is 181 Å². The van der Waals surface area contributed by atoms with E-state index in [0.29, 0.717) is 11.3 Å². The van der Waals surface area contributed by atoms with Gasteiger partial charge in [0.15, 0.2) is 5.69 Å². The molecule has 12 aromatic carbocycles. The fourth-order valence-electron chi connectivity index (χ4n) is 9.91. The summed E-state index contributed by atoms with van der Waals surface area (Å²) in [6.45, 7) is 7.69. The first-order valence-electron chi connectivity index (χ1n) is 20.3. The van der Waals surface area contributed by atoms with Crippen molar-refractivity contribution in [3.63, 3.8) is 0 Å². The Morgan fingerprint density at radius 2 is 0.700 bits per heavy atom. The van der Waals surface area contributed by atoms with Gasteiger partial charge in [0.2, 0.25) is 0 Å². The fraction of sp³-hybridized carbons (Fsp3) is 0. The van der Waals surface area contributed by atoms with Gasteiger partial charge >= 0.3 is 0 Å². The molecule has 60 heavy (non-hydrogen) atoms. The molecule has 0 aliphatic carbocycles. The second-order valence-electron chi connectivity index (χ2n) is 15.7. The van der Waals surface area contributed by atoms with Gasteiger partial charge in [0.1, 0.15) is 0 Å². The molecule has 0 fully saturated rings. The van der Waals surface area contributed by atoms with Crippen molar-refractivity contribution >= 4 is 81.1 Å². The molecule has 0 radical (unpaired) electrons. The van der Waals surface area contributed by atoms with Gasteiger partial charge in [-0.3, -0.25) is 0 Å². The topological polar surface area (TPSA) is 28.1 Å². The minimum absolute atomic E-state index is 0.622. The third-order valence-corrected chi connectivity index (χ3v) is 12.6. The molecule has 0 saturated carbocycles. The van der Waals surface area contributed by atoms with Gasteiger partial charge in [0.25, 0.3) is 0 Å². The molecule has 0 aliphatic rings. The highest BCUT2D eigenvalue weighted by Gasteiger charge is 2.23. The predicted octanol–water partition coefficient (Wildman–Crippen LogP) is 16.3. The van der Waals surface area contributed by atoms with E-state index < -0.39 is 0 Å². The first kappa shape index (κ1) is 33.8. The predicted molar refractivity (Wildman–Crippen MR) is 253 cm³/mol. The lowest BCUT2D eigenvalue weighted by molar-refractivity contribution is 1.48. The van der Waals surface area contributed by atoms with Crippen molar-refractivity contribution in [3.05, 3.63) is 211 Å². The van der Waals surface area contributed by atoms with Crippen LogP contribution in [0, 0.1) is 17.9 Å². The number of nitrogens with zero attached hydrogens (tertiary/aromatic N) is 2. The van der Waals surface area contributed by atoms with Gasteiger partial charge in [-0.05, 0) is 156 Å². The summed E-state index contributed by atoms with van der Waals surface area (Å²) in [4.78, 5) is 3.72. The van der Waals surface area contributed by atoms with Crippen molar-refractivity contribution in [1.29, 1.82) is 5.26 Å². The van der Waals surface area contributed by atoms with Gasteiger partial charge in [-0.1, -0.05) is 158 Å². The minimum atomic E-state index is 0.622. The number of hydrogen-bond donors (Lipinski definition) is 0. The van der Waals surface area contributed by atoms with Crippen molar-refractivity contribution in [2.75, 3.05) is 0 Å². The third kappa shape index (κ3) is 4.99. The number of rotatable bonds is 4. The van der Waals surface area contributed by atoms with Crippen LogP contribution in [0.2, 0.25) is 0 Å². The molecule has 12 aromatic rings. The Bertz CT molecular complexity index is 3570. The summed E-state index contributed by atoms with van der Waals surface area (Å²) in [6.07, 6.45) is 0. The van der Waals surface area contributed by atoms with E-state index in [4.69, 9.17) is 6.57 Å². The van der Waals surface area contributed by atoms with E-state index in [1.54, 1.807) is 0 Å². The Balaban J connectivity index is 1.28. The lowest BCUT2D eigenvalue weighted by Gasteiger charge is -2.23. The Morgan fingerprint density at radius 1 is 0.333 bits per heavy atom. The van der Waals surface area contributed by atoms with Crippen LogP contribution in [-0.2, 0) is 0 Å². The Hall–Kier alpha value is -8.30. The first-order chi connectivity index (χ1) is 29.7. The average Bonchev–Trinajstić information content (AvgIpc) is 3.32. The van der Waals surface area contributed by atoms with Gasteiger partial charge in [0, 0.05) is 0 Å². The number of nitriles is 1. The maximum absolute atomic E-state index is 9.77. The number of fused-ring (bicyclic) bond motifs is 6. The summed E-state index contributed by atoms with van der Waals surface area (Å²) in [5.74, 6) is 0. The zero-order valence-electron chi connectivity index (χ0n) is 32.4. The summed E-state index contributed by atoms with van der Waals surface area (Å²) < 4.78 is 0. The van der Waals surface area contributed by atoms with E-state index in [9.17, 15) is 5.26 Å². The van der Waals surface area contributed by atoms with Gasteiger partial charge in [0.05, 0.1) is 18.2 Å². The minimum Gasteiger partial charge on any atom is -0.238 e. The van der Waals surface area contributed by atoms with Gasteiger partial charge < -0.3 is 0 Å². The van der Waals surface area contributed by atoms with E-state index in [-0.39, 0.29) is 0 Å². The van der Waals surface area contributed by atoms with Crippen LogP contribution in [0.25, 0.3) is 125 Å². The Labute approximate surface area is 346 Å². The molecule has 2 nitrogen and oxygen atoms in total. The molecule has 0 heterocycles. The van der Waals surface area contributed by atoms with Gasteiger partial charge in [-0.15, -0.1) is 0 Å². The van der Waals surface area contributed by atoms with Crippen LogP contribution in [-0.4, -0.2) is 0 Å². The summed E-state index contributed by atoms with van der Waals surface area (Å²) >= 11 is 0. The average molecular weight is 757 g/mol. The van der Waals surface area contributed by atoms with E-state index in [1.165, 1.54) is 92.3 Å². The summed E-state index contributed by atoms with van der Waals surface area (Å²) in [5.41, 5.74) is 10.4. The molecule has 0 amide bonds.